The van der Waals surface area contributed by atoms with Crippen LogP contribution in [0, 0.1) is 17.6 Å². The Balaban J connectivity index is 1.84. The third kappa shape index (κ3) is 4.25. The molecule has 1 heterocycles. The fraction of sp³-hybridized carbons (Fsp3) is 0.500. The van der Waals surface area contributed by atoms with Gasteiger partial charge in [-0.1, -0.05) is 0 Å². The van der Waals surface area contributed by atoms with Crippen molar-refractivity contribution in [2.75, 3.05) is 38.5 Å². The molecule has 0 aliphatic carbocycles. The number of rotatable bonds is 5. The lowest BCUT2D eigenvalue weighted by molar-refractivity contribution is -0.117. The quantitative estimate of drug-likeness (QED) is 0.859. The summed E-state index contributed by atoms with van der Waals surface area (Å²) in [5, 5.41) is 5.65. The van der Waals surface area contributed by atoms with Crippen molar-refractivity contribution in [2.24, 2.45) is 5.92 Å². The minimum atomic E-state index is -0.699. The third-order valence-electron chi connectivity index (χ3n) is 3.38. The zero-order valence-corrected chi connectivity index (χ0v) is 11.5. The van der Waals surface area contributed by atoms with Crippen LogP contribution in [-0.2, 0) is 4.79 Å². The van der Waals surface area contributed by atoms with Gasteiger partial charge < -0.3 is 10.6 Å². The molecule has 1 unspecified atom stereocenters. The lowest BCUT2D eigenvalue weighted by Crippen LogP contribution is -2.32. The molecule has 1 saturated heterocycles. The van der Waals surface area contributed by atoms with Gasteiger partial charge in [0.25, 0.3) is 0 Å². The molecule has 0 spiro atoms. The van der Waals surface area contributed by atoms with Crippen molar-refractivity contribution in [3.63, 3.8) is 0 Å². The van der Waals surface area contributed by atoms with Gasteiger partial charge >= 0.3 is 0 Å². The Hall–Kier alpha value is -1.53. The highest BCUT2D eigenvalue weighted by Crippen LogP contribution is 2.16. The minimum absolute atomic E-state index is 0.151. The van der Waals surface area contributed by atoms with Gasteiger partial charge in [-0.3, -0.25) is 9.69 Å². The van der Waals surface area contributed by atoms with E-state index in [0.717, 1.165) is 44.3 Å². The lowest BCUT2D eigenvalue weighted by atomic mass is 10.1. The highest BCUT2D eigenvalue weighted by molar-refractivity contribution is 5.92. The van der Waals surface area contributed by atoms with E-state index in [2.05, 4.69) is 10.6 Å². The van der Waals surface area contributed by atoms with Crippen LogP contribution in [-0.4, -0.2) is 44.0 Å². The molecule has 0 aromatic heterocycles. The van der Waals surface area contributed by atoms with Crippen LogP contribution in [0.25, 0.3) is 0 Å². The van der Waals surface area contributed by atoms with Gasteiger partial charge in [0.15, 0.2) is 0 Å². The van der Waals surface area contributed by atoms with Crippen LogP contribution in [0.1, 0.15) is 6.42 Å². The molecule has 1 aliphatic rings. The van der Waals surface area contributed by atoms with Crippen LogP contribution in [0.5, 0.6) is 0 Å². The maximum absolute atomic E-state index is 13.0. The number of hydrogen-bond donors (Lipinski definition) is 2. The van der Waals surface area contributed by atoms with Crippen molar-refractivity contribution in [2.45, 2.75) is 6.42 Å². The Bertz CT molecular complexity index is 461. The SMILES string of the molecule is CNCC1CCN(CC(=O)Nc2cc(F)cc(F)c2)C1. The number of amides is 1. The first-order valence-corrected chi connectivity index (χ1v) is 6.69. The maximum atomic E-state index is 13.0. The topological polar surface area (TPSA) is 44.4 Å². The van der Waals surface area contributed by atoms with Crippen LogP contribution < -0.4 is 10.6 Å². The molecule has 0 radical (unpaired) electrons. The number of halogens is 2. The van der Waals surface area contributed by atoms with Gasteiger partial charge in [-0.05, 0) is 44.6 Å². The van der Waals surface area contributed by atoms with Crippen molar-refractivity contribution >= 4 is 11.6 Å². The van der Waals surface area contributed by atoms with E-state index in [-0.39, 0.29) is 18.1 Å². The number of nitrogens with one attached hydrogen (secondary N) is 2. The Kier molecular flexibility index (Phi) is 5.03. The van der Waals surface area contributed by atoms with Crippen molar-refractivity contribution in [1.82, 2.24) is 10.2 Å². The third-order valence-corrected chi connectivity index (χ3v) is 3.38. The summed E-state index contributed by atoms with van der Waals surface area (Å²) in [4.78, 5) is 13.9. The summed E-state index contributed by atoms with van der Waals surface area (Å²) >= 11 is 0. The van der Waals surface area contributed by atoms with E-state index in [9.17, 15) is 13.6 Å². The molecule has 1 amide bonds. The van der Waals surface area contributed by atoms with Crippen molar-refractivity contribution in [3.8, 4) is 0 Å². The minimum Gasteiger partial charge on any atom is -0.325 e. The molecule has 2 N–H and O–H groups in total. The second-order valence-corrected chi connectivity index (χ2v) is 5.15. The number of anilines is 1. The first-order valence-electron chi connectivity index (χ1n) is 6.69. The Morgan fingerprint density at radius 1 is 1.35 bits per heavy atom. The van der Waals surface area contributed by atoms with Gasteiger partial charge in [-0.2, -0.15) is 0 Å². The number of hydrogen-bond acceptors (Lipinski definition) is 3. The van der Waals surface area contributed by atoms with Gasteiger partial charge in [0, 0.05) is 18.3 Å². The summed E-state index contributed by atoms with van der Waals surface area (Å²) in [6, 6.07) is 2.99. The molecule has 1 aromatic rings. The highest BCUT2D eigenvalue weighted by atomic mass is 19.1. The van der Waals surface area contributed by atoms with E-state index in [1.807, 2.05) is 11.9 Å². The van der Waals surface area contributed by atoms with Gasteiger partial charge in [-0.15, -0.1) is 0 Å². The molecular formula is C14H19F2N3O. The average Bonchev–Trinajstić information content (AvgIpc) is 2.75. The summed E-state index contributed by atoms with van der Waals surface area (Å²) in [5.74, 6) is -1.09. The monoisotopic (exact) mass is 283 g/mol. The smallest absolute Gasteiger partial charge is 0.238 e. The van der Waals surface area contributed by atoms with Crippen LogP contribution in [0.15, 0.2) is 18.2 Å². The Labute approximate surface area is 117 Å². The molecule has 1 fully saturated rings. The predicted octanol–water partition coefficient (Wildman–Crippen LogP) is 1.44. The van der Waals surface area contributed by atoms with Gasteiger partial charge in [-0.25, -0.2) is 8.78 Å². The predicted molar refractivity (Wildman–Crippen MR) is 73.5 cm³/mol. The lowest BCUT2D eigenvalue weighted by Gasteiger charge is -2.15. The van der Waals surface area contributed by atoms with E-state index < -0.39 is 11.6 Å². The first-order chi connectivity index (χ1) is 9.56. The highest BCUT2D eigenvalue weighted by Gasteiger charge is 2.23. The normalized spacial score (nSPS) is 19.2. The van der Waals surface area contributed by atoms with Gasteiger partial charge in [0.05, 0.1) is 6.54 Å². The standard InChI is InChI=1S/C14H19F2N3O/c1-17-7-10-2-3-19(8-10)9-14(20)18-13-5-11(15)4-12(16)6-13/h4-6,10,17H,2-3,7-9H2,1H3,(H,18,20). The second-order valence-electron chi connectivity index (χ2n) is 5.15. The van der Waals surface area contributed by atoms with Crippen molar-refractivity contribution < 1.29 is 13.6 Å². The summed E-state index contributed by atoms with van der Waals surface area (Å²) in [7, 11) is 1.91. The zero-order chi connectivity index (χ0) is 14.5. The second kappa shape index (κ2) is 6.76. The molecule has 0 saturated carbocycles. The van der Waals surface area contributed by atoms with E-state index in [0.29, 0.717) is 5.92 Å². The molecule has 2 rings (SSSR count). The largest absolute Gasteiger partial charge is 0.325 e. The number of carbonyl (C=O) groups excluding carboxylic acids is 1. The first kappa shape index (κ1) is 14.9. The fourth-order valence-corrected chi connectivity index (χ4v) is 2.54. The summed E-state index contributed by atoms with van der Waals surface area (Å²) in [5.41, 5.74) is 0.151. The molecule has 110 valence electrons. The van der Waals surface area contributed by atoms with E-state index in [4.69, 9.17) is 0 Å². The van der Waals surface area contributed by atoms with Crippen LogP contribution in [0.4, 0.5) is 14.5 Å². The summed E-state index contributed by atoms with van der Waals surface area (Å²) < 4.78 is 26.0. The van der Waals surface area contributed by atoms with E-state index in [1.165, 1.54) is 0 Å². The molecule has 1 aliphatic heterocycles. The number of likely N-dealkylation sites (tertiary alicyclic amines) is 1. The van der Waals surface area contributed by atoms with Gasteiger partial charge in [0.2, 0.25) is 5.91 Å². The molecular weight excluding hydrogens is 264 g/mol. The zero-order valence-electron chi connectivity index (χ0n) is 11.5. The fourth-order valence-electron chi connectivity index (χ4n) is 2.54. The van der Waals surface area contributed by atoms with Crippen LogP contribution in [0.3, 0.4) is 0 Å². The van der Waals surface area contributed by atoms with Crippen molar-refractivity contribution in [1.29, 1.82) is 0 Å². The Morgan fingerprint density at radius 2 is 2.05 bits per heavy atom. The van der Waals surface area contributed by atoms with Crippen molar-refractivity contribution in [3.05, 3.63) is 29.8 Å². The van der Waals surface area contributed by atoms with Crippen LogP contribution in [0.2, 0.25) is 0 Å². The number of benzene rings is 1. The molecule has 1 atom stereocenters. The summed E-state index contributed by atoms with van der Waals surface area (Å²) in [6.07, 6.45) is 1.06. The Morgan fingerprint density at radius 3 is 2.70 bits per heavy atom. The molecule has 6 heteroatoms. The van der Waals surface area contributed by atoms with E-state index >= 15 is 0 Å². The number of carbonyl (C=O) groups is 1. The average molecular weight is 283 g/mol. The van der Waals surface area contributed by atoms with Gasteiger partial charge in [0.1, 0.15) is 11.6 Å². The molecule has 0 bridgehead atoms. The molecule has 4 nitrogen and oxygen atoms in total. The molecule has 20 heavy (non-hydrogen) atoms. The van der Waals surface area contributed by atoms with Crippen LogP contribution >= 0.6 is 0 Å². The molecule has 1 aromatic carbocycles. The number of nitrogens with zero attached hydrogens (tertiary/aromatic N) is 1. The summed E-state index contributed by atoms with van der Waals surface area (Å²) in [6.45, 7) is 2.93. The maximum Gasteiger partial charge on any atom is 0.238 e. The van der Waals surface area contributed by atoms with E-state index in [1.54, 1.807) is 0 Å².